The highest BCUT2D eigenvalue weighted by molar-refractivity contribution is 5.82. The van der Waals surface area contributed by atoms with E-state index in [9.17, 15) is 0 Å². The van der Waals surface area contributed by atoms with Gasteiger partial charge in [-0.3, -0.25) is 0 Å². The van der Waals surface area contributed by atoms with Crippen molar-refractivity contribution in [1.82, 2.24) is 0 Å². The minimum Gasteiger partial charge on any atom is -0.0622 e. The summed E-state index contributed by atoms with van der Waals surface area (Å²) in [5.41, 5.74) is 18.3. The van der Waals surface area contributed by atoms with Gasteiger partial charge in [-0.25, -0.2) is 0 Å². The molecular formula is C52H58. The lowest BCUT2D eigenvalue weighted by Gasteiger charge is -2.31. The normalized spacial score (nSPS) is 12.6. The topological polar surface area (TPSA) is 0 Å². The van der Waals surface area contributed by atoms with Crippen LogP contribution in [-0.2, 0) is 21.7 Å². The van der Waals surface area contributed by atoms with E-state index in [0.717, 1.165) is 0 Å². The molecule has 0 nitrogen and oxygen atoms in total. The summed E-state index contributed by atoms with van der Waals surface area (Å²) in [4.78, 5) is 0. The van der Waals surface area contributed by atoms with E-state index in [1.807, 2.05) is 0 Å². The Morgan fingerprint density at radius 3 is 0.865 bits per heavy atom. The molecule has 6 aromatic rings. The second-order valence-electron chi connectivity index (χ2n) is 18.8. The Morgan fingerprint density at radius 2 is 0.538 bits per heavy atom. The van der Waals surface area contributed by atoms with Crippen LogP contribution in [0.4, 0.5) is 0 Å². The second-order valence-corrected chi connectivity index (χ2v) is 18.8. The average molecular weight is 683 g/mol. The summed E-state index contributed by atoms with van der Waals surface area (Å²) in [5, 5.41) is 0. The van der Waals surface area contributed by atoms with E-state index in [2.05, 4.69) is 217 Å². The smallest absolute Gasteiger partial charge is 0.0109 e. The zero-order valence-corrected chi connectivity index (χ0v) is 33.7. The number of rotatable bonds is 5. The molecule has 0 unspecified atom stereocenters. The SMILES string of the molecule is CC(C)(C)c1cc(-c2ccc(-c3ccc(-c4cc(C(C)(C)C)c(-c5ccc(-c6ccccc6)cc5)c(C(C)(C)C)c4)cc3)cc2)cc(C(C)(C)C)c1. The molecule has 0 spiro atoms. The molecule has 0 heteroatoms. The molecule has 0 aliphatic rings. The fourth-order valence-electron chi connectivity index (χ4n) is 7.13. The van der Waals surface area contributed by atoms with E-state index in [-0.39, 0.29) is 21.7 Å². The molecule has 0 saturated carbocycles. The Labute approximate surface area is 315 Å². The summed E-state index contributed by atoms with van der Waals surface area (Å²) in [7, 11) is 0. The van der Waals surface area contributed by atoms with E-state index < -0.39 is 0 Å². The summed E-state index contributed by atoms with van der Waals surface area (Å²) >= 11 is 0. The first kappa shape index (κ1) is 37.1. The highest BCUT2D eigenvalue weighted by atomic mass is 14.3. The van der Waals surface area contributed by atoms with Crippen molar-refractivity contribution in [3.05, 3.63) is 156 Å². The highest BCUT2D eigenvalue weighted by Crippen LogP contribution is 2.44. The maximum atomic E-state index is 2.44. The van der Waals surface area contributed by atoms with Crippen LogP contribution in [0.25, 0.3) is 55.6 Å². The summed E-state index contributed by atoms with van der Waals surface area (Å²) in [5.74, 6) is 0. The van der Waals surface area contributed by atoms with Gasteiger partial charge in [0.1, 0.15) is 0 Å². The molecule has 0 N–H and O–H groups in total. The lowest BCUT2D eigenvalue weighted by Crippen LogP contribution is -2.19. The summed E-state index contributed by atoms with van der Waals surface area (Å²) in [6.07, 6.45) is 0. The standard InChI is InChI=1S/C52H58/c1-49(2,3)44-30-42(31-45(34-44)50(4,5)6)39-22-18-37(19-23-39)38-20-24-40(25-21-38)43-32-46(51(7,8)9)48(47(33-43)52(10,11)12)41-28-26-36(27-29-41)35-16-14-13-15-17-35/h13-34H,1-12H3. The zero-order chi connectivity index (χ0) is 37.6. The third-order valence-corrected chi connectivity index (χ3v) is 10.5. The summed E-state index contributed by atoms with van der Waals surface area (Å²) < 4.78 is 0. The van der Waals surface area contributed by atoms with Crippen LogP contribution in [0.15, 0.2) is 133 Å². The zero-order valence-electron chi connectivity index (χ0n) is 33.7. The van der Waals surface area contributed by atoms with Gasteiger partial charge in [-0.1, -0.05) is 204 Å². The Balaban J connectivity index is 1.35. The lowest BCUT2D eigenvalue weighted by molar-refractivity contribution is 0.569. The minimum atomic E-state index is -0.0365. The average Bonchev–Trinajstić information content (AvgIpc) is 3.10. The van der Waals surface area contributed by atoms with E-state index in [4.69, 9.17) is 0 Å². The van der Waals surface area contributed by atoms with Crippen molar-refractivity contribution in [1.29, 1.82) is 0 Å². The van der Waals surface area contributed by atoms with E-state index in [1.54, 1.807) is 0 Å². The van der Waals surface area contributed by atoms with E-state index >= 15 is 0 Å². The van der Waals surface area contributed by atoms with Gasteiger partial charge in [0.25, 0.3) is 0 Å². The molecule has 0 fully saturated rings. The van der Waals surface area contributed by atoms with Gasteiger partial charge in [-0.15, -0.1) is 0 Å². The molecule has 0 radical (unpaired) electrons. The lowest BCUT2D eigenvalue weighted by atomic mass is 9.73. The van der Waals surface area contributed by atoms with Gasteiger partial charge in [0, 0.05) is 0 Å². The van der Waals surface area contributed by atoms with E-state index in [0.29, 0.717) is 0 Å². The molecule has 0 heterocycles. The van der Waals surface area contributed by atoms with Crippen LogP contribution in [0.2, 0.25) is 0 Å². The molecule has 0 atom stereocenters. The van der Waals surface area contributed by atoms with Gasteiger partial charge < -0.3 is 0 Å². The largest absolute Gasteiger partial charge is 0.0622 e. The number of hydrogen-bond donors (Lipinski definition) is 0. The van der Waals surface area contributed by atoms with Gasteiger partial charge in [0.15, 0.2) is 0 Å². The Bertz CT molecular complexity index is 2080. The number of hydrogen-bond acceptors (Lipinski definition) is 0. The predicted molar refractivity (Wildman–Crippen MR) is 228 cm³/mol. The molecule has 52 heavy (non-hydrogen) atoms. The van der Waals surface area contributed by atoms with Crippen molar-refractivity contribution in [2.45, 2.75) is 105 Å². The first-order valence-electron chi connectivity index (χ1n) is 19.0. The van der Waals surface area contributed by atoms with Crippen molar-refractivity contribution < 1.29 is 0 Å². The van der Waals surface area contributed by atoms with Gasteiger partial charge in [0.2, 0.25) is 0 Å². The molecule has 0 amide bonds. The minimum absolute atomic E-state index is 0.0365. The van der Waals surface area contributed by atoms with Gasteiger partial charge in [0.05, 0.1) is 0 Å². The van der Waals surface area contributed by atoms with Crippen molar-refractivity contribution >= 4 is 0 Å². The molecule has 6 rings (SSSR count). The van der Waals surface area contributed by atoms with Crippen LogP contribution in [0.3, 0.4) is 0 Å². The Morgan fingerprint density at radius 1 is 0.250 bits per heavy atom. The maximum absolute atomic E-state index is 2.44. The molecular weight excluding hydrogens is 625 g/mol. The van der Waals surface area contributed by atoms with E-state index in [1.165, 1.54) is 77.9 Å². The third-order valence-electron chi connectivity index (χ3n) is 10.5. The number of benzene rings is 6. The molecule has 0 aromatic heterocycles. The fourth-order valence-corrected chi connectivity index (χ4v) is 7.13. The first-order chi connectivity index (χ1) is 24.3. The third kappa shape index (κ3) is 8.03. The molecule has 0 saturated heterocycles. The van der Waals surface area contributed by atoms with Crippen LogP contribution in [0, 0.1) is 0 Å². The molecule has 266 valence electrons. The Kier molecular flexibility index (Phi) is 9.77. The highest BCUT2D eigenvalue weighted by Gasteiger charge is 2.28. The monoisotopic (exact) mass is 682 g/mol. The molecule has 6 aromatic carbocycles. The maximum Gasteiger partial charge on any atom is -0.0109 e. The molecule has 0 aliphatic carbocycles. The van der Waals surface area contributed by atoms with Crippen LogP contribution < -0.4 is 0 Å². The fraction of sp³-hybridized carbons (Fsp3) is 0.308. The molecule has 0 bridgehead atoms. The van der Waals surface area contributed by atoms with Crippen molar-refractivity contribution in [2.75, 3.05) is 0 Å². The quantitative estimate of drug-likeness (QED) is 0.170. The summed E-state index contributed by atoms with van der Waals surface area (Å²) in [6, 6.07) is 50.1. The molecule has 0 aliphatic heterocycles. The summed E-state index contributed by atoms with van der Waals surface area (Å²) in [6.45, 7) is 27.9. The van der Waals surface area contributed by atoms with Crippen LogP contribution in [0.5, 0.6) is 0 Å². The first-order valence-corrected chi connectivity index (χ1v) is 19.0. The Hall–Kier alpha value is -4.68. The van der Waals surface area contributed by atoms with Gasteiger partial charge in [-0.2, -0.15) is 0 Å². The van der Waals surface area contributed by atoms with Crippen LogP contribution in [-0.4, -0.2) is 0 Å². The van der Waals surface area contributed by atoms with Gasteiger partial charge >= 0.3 is 0 Å². The van der Waals surface area contributed by atoms with Gasteiger partial charge in [-0.05, 0) is 112 Å². The van der Waals surface area contributed by atoms with Crippen LogP contribution >= 0.6 is 0 Å². The van der Waals surface area contributed by atoms with Crippen molar-refractivity contribution in [2.24, 2.45) is 0 Å². The van der Waals surface area contributed by atoms with Crippen LogP contribution in [0.1, 0.15) is 105 Å². The van der Waals surface area contributed by atoms with Crippen molar-refractivity contribution in [3.8, 4) is 55.6 Å². The van der Waals surface area contributed by atoms with Crippen molar-refractivity contribution in [3.63, 3.8) is 0 Å². The second kappa shape index (κ2) is 13.7. The predicted octanol–water partition coefficient (Wildman–Crippen LogP) is 15.2.